The molecule has 1 aromatic carbocycles. The minimum Gasteiger partial charge on any atom is -0.373 e. The number of benzene rings is 1. The molecule has 2 aliphatic heterocycles. The molecular weight excluding hydrogens is 252 g/mol. The van der Waals surface area contributed by atoms with Crippen LogP contribution in [0.1, 0.15) is 18.4 Å². The van der Waals surface area contributed by atoms with Crippen LogP contribution in [0.2, 0.25) is 0 Å². The molecule has 20 heavy (non-hydrogen) atoms. The van der Waals surface area contributed by atoms with Gasteiger partial charge in [0, 0.05) is 26.2 Å². The molecule has 0 spiro atoms. The molecular formula is C16H22N2O2. The van der Waals surface area contributed by atoms with Gasteiger partial charge in [0.2, 0.25) is 5.91 Å². The van der Waals surface area contributed by atoms with Crippen LogP contribution in [0.3, 0.4) is 0 Å². The van der Waals surface area contributed by atoms with Crippen molar-refractivity contribution in [3.8, 4) is 0 Å². The Morgan fingerprint density at radius 1 is 1.20 bits per heavy atom. The summed E-state index contributed by atoms with van der Waals surface area (Å²) in [6.07, 6.45) is 2.20. The third kappa shape index (κ3) is 3.19. The number of nitrogens with zero attached hydrogens (tertiary/aromatic N) is 1. The zero-order valence-corrected chi connectivity index (χ0v) is 11.8. The molecule has 0 saturated carbocycles. The van der Waals surface area contributed by atoms with Crippen LogP contribution >= 0.6 is 0 Å². The third-order valence-corrected chi connectivity index (χ3v) is 4.21. The Hall–Kier alpha value is -1.39. The zero-order chi connectivity index (χ0) is 13.8. The van der Waals surface area contributed by atoms with E-state index < -0.39 is 0 Å². The van der Waals surface area contributed by atoms with Crippen molar-refractivity contribution in [1.82, 2.24) is 10.2 Å². The van der Waals surface area contributed by atoms with Gasteiger partial charge in [-0.2, -0.15) is 0 Å². The fourth-order valence-electron chi connectivity index (χ4n) is 2.75. The standard InChI is InChI=1S/C16H22N2O2/c19-16(14-10-17-11-14)18-8-6-15(7-9-18)20-12-13-4-2-1-3-5-13/h1-5,14-15,17H,6-12H2. The van der Waals surface area contributed by atoms with Crippen molar-refractivity contribution in [2.24, 2.45) is 5.92 Å². The summed E-state index contributed by atoms with van der Waals surface area (Å²) in [5.74, 6) is 0.544. The van der Waals surface area contributed by atoms with E-state index in [9.17, 15) is 4.79 Å². The molecule has 1 amide bonds. The summed E-state index contributed by atoms with van der Waals surface area (Å²) in [5.41, 5.74) is 1.21. The first-order valence-corrected chi connectivity index (χ1v) is 7.48. The number of likely N-dealkylation sites (tertiary alicyclic amines) is 1. The summed E-state index contributed by atoms with van der Waals surface area (Å²) in [7, 11) is 0. The number of carbonyl (C=O) groups is 1. The molecule has 4 heteroatoms. The largest absolute Gasteiger partial charge is 0.373 e. The monoisotopic (exact) mass is 274 g/mol. The number of piperidine rings is 1. The lowest BCUT2D eigenvalue weighted by Crippen LogP contribution is -2.53. The molecule has 0 radical (unpaired) electrons. The van der Waals surface area contributed by atoms with Crippen molar-refractivity contribution in [3.63, 3.8) is 0 Å². The van der Waals surface area contributed by atoms with Gasteiger partial charge in [0.25, 0.3) is 0 Å². The fraction of sp³-hybridized carbons (Fsp3) is 0.562. The predicted octanol–water partition coefficient (Wildman–Crippen LogP) is 1.41. The molecule has 1 N–H and O–H groups in total. The summed E-state index contributed by atoms with van der Waals surface area (Å²) < 4.78 is 5.95. The zero-order valence-electron chi connectivity index (χ0n) is 11.8. The van der Waals surface area contributed by atoms with E-state index in [4.69, 9.17) is 4.74 Å². The lowest BCUT2D eigenvalue weighted by molar-refractivity contribution is -0.139. The van der Waals surface area contributed by atoms with E-state index in [1.54, 1.807) is 0 Å². The molecule has 2 fully saturated rings. The normalized spacial score (nSPS) is 20.7. The van der Waals surface area contributed by atoms with Crippen LogP contribution in [0.25, 0.3) is 0 Å². The van der Waals surface area contributed by atoms with E-state index in [1.165, 1.54) is 5.56 Å². The Bertz CT molecular complexity index is 437. The summed E-state index contributed by atoms with van der Waals surface area (Å²) >= 11 is 0. The van der Waals surface area contributed by atoms with Gasteiger partial charge in [0.05, 0.1) is 18.6 Å². The van der Waals surface area contributed by atoms with E-state index >= 15 is 0 Å². The molecule has 0 unspecified atom stereocenters. The van der Waals surface area contributed by atoms with Gasteiger partial charge in [-0.3, -0.25) is 4.79 Å². The van der Waals surface area contributed by atoms with Gasteiger partial charge >= 0.3 is 0 Å². The highest BCUT2D eigenvalue weighted by molar-refractivity contribution is 5.80. The van der Waals surface area contributed by atoms with Crippen LogP contribution in [0.15, 0.2) is 30.3 Å². The number of ether oxygens (including phenoxy) is 1. The topological polar surface area (TPSA) is 41.6 Å². The summed E-state index contributed by atoms with van der Waals surface area (Å²) in [4.78, 5) is 14.1. The first-order chi connectivity index (χ1) is 9.83. The van der Waals surface area contributed by atoms with Crippen LogP contribution in [-0.2, 0) is 16.1 Å². The van der Waals surface area contributed by atoms with E-state index in [0.717, 1.165) is 39.0 Å². The second-order valence-electron chi connectivity index (χ2n) is 5.68. The number of amides is 1. The number of carbonyl (C=O) groups excluding carboxylic acids is 1. The fourth-order valence-corrected chi connectivity index (χ4v) is 2.75. The van der Waals surface area contributed by atoms with Crippen molar-refractivity contribution in [2.45, 2.75) is 25.6 Å². The van der Waals surface area contributed by atoms with E-state index in [0.29, 0.717) is 18.6 Å². The molecule has 0 aliphatic carbocycles. The van der Waals surface area contributed by atoms with Crippen molar-refractivity contribution in [3.05, 3.63) is 35.9 Å². The van der Waals surface area contributed by atoms with Crippen LogP contribution < -0.4 is 5.32 Å². The van der Waals surface area contributed by atoms with Gasteiger partial charge in [-0.25, -0.2) is 0 Å². The lowest BCUT2D eigenvalue weighted by Gasteiger charge is -2.36. The van der Waals surface area contributed by atoms with Gasteiger partial charge in [0.15, 0.2) is 0 Å². The molecule has 3 rings (SSSR count). The van der Waals surface area contributed by atoms with Crippen LogP contribution in [0, 0.1) is 5.92 Å². The SMILES string of the molecule is O=C(C1CNC1)N1CCC(OCc2ccccc2)CC1. The van der Waals surface area contributed by atoms with Crippen LogP contribution in [0.4, 0.5) is 0 Å². The van der Waals surface area contributed by atoms with Gasteiger partial charge < -0.3 is 15.0 Å². The highest BCUT2D eigenvalue weighted by atomic mass is 16.5. The van der Waals surface area contributed by atoms with E-state index in [1.807, 2.05) is 23.1 Å². The minimum atomic E-state index is 0.219. The molecule has 0 aromatic heterocycles. The molecule has 2 saturated heterocycles. The van der Waals surface area contributed by atoms with Gasteiger partial charge in [0.1, 0.15) is 0 Å². The maximum Gasteiger partial charge on any atom is 0.228 e. The molecule has 4 nitrogen and oxygen atoms in total. The Balaban J connectivity index is 1.41. The minimum absolute atomic E-state index is 0.219. The lowest BCUT2D eigenvalue weighted by atomic mass is 9.99. The Kier molecular flexibility index (Phi) is 4.33. The van der Waals surface area contributed by atoms with Crippen LogP contribution in [-0.4, -0.2) is 43.1 Å². The molecule has 0 bridgehead atoms. The van der Waals surface area contributed by atoms with Gasteiger partial charge in [-0.15, -0.1) is 0 Å². The van der Waals surface area contributed by atoms with Crippen LogP contribution in [0.5, 0.6) is 0 Å². The Morgan fingerprint density at radius 3 is 2.50 bits per heavy atom. The van der Waals surface area contributed by atoms with Crippen molar-refractivity contribution < 1.29 is 9.53 Å². The highest BCUT2D eigenvalue weighted by Gasteiger charge is 2.31. The van der Waals surface area contributed by atoms with Crippen molar-refractivity contribution in [2.75, 3.05) is 26.2 Å². The summed E-state index contributed by atoms with van der Waals surface area (Å²) in [5, 5.41) is 3.16. The van der Waals surface area contributed by atoms with E-state index in [-0.39, 0.29) is 5.92 Å². The van der Waals surface area contributed by atoms with Crippen molar-refractivity contribution in [1.29, 1.82) is 0 Å². The average Bonchev–Trinajstić information content (AvgIpc) is 2.45. The average molecular weight is 274 g/mol. The second kappa shape index (κ2) is 6.37. The first kappa shape index (κ1) is 13.6. The number of nitrogens with one attached hydrogen (secondary N) is 1. The van der Waals surface area contributed by atoms with E-state index in [2.05, 4.69) is 17.4 Å². The molecule has 1 aromatic rings. The predicted molar refractivity (Wildman–Crippen MR) is 77.2 cm³/mol. The molecule has 2 aliphatic rings. The number of hydrogen-bond donors (Lipinski definition) is 1. The smallest absolute Gasteiger partial charge is 0.228 e. The van der Waals surface area contributed by atoms with Gasteiger partial charge in [-0.05, 0) is 18.4 Å². The summed E-state index contributed by atoms with van der Waals surface area (Å²) in [6.45, 7) is 4.06. The highest BCUT2D eigenvalue weighted by Crippen LogP contribution is 2.18. The molecule has 2 heterocycles. The maximum absolute atomic E-state index is 12.1. The molecule has 0 atom stereocenters. The maximum atomic E-state index is 12.1. The Labute approximate surface area is 120 Å². The number of rotatable bonds is 4. The molecule has 108 valence electrons. The second-order valence-corrected chi connectivity index (χ2v) is 5.68. The van der Waals surface area contributed by atoms with Crippen molar-refractivity contribution >= 4 is 5.91 Å². The third-order valence-electron chi connectivity index (χ3n) is 4.21. The van der Waals surface area contributed by atoms with Gasteiger partial charge in [-0.1, -0.05) is 30.3 Å². The Morgan fingerprint density at radius 2 is 1.90 bits per heavy atom. The summed E-state index contributed by atoms with van der Waals surface area (Å²) in [6, 6.07) is 10.3. The number of hydrogen-bond acceptors (Lipinski definition) is 3. The first-order valence-electron chi connectivity index (χ1n) is 7.48. The quantitative estimate of drug-likeness (QED) is 0.902.